The maximum Gasteiger partial charge on any atom is 0.273 e. The molecular formula is C14H6ClF2NO2. The van der Waals surface area contributed by atoms with E-state index in [1.807, 2.05) is 0 Å². The van der Waals surface area contributed by atoms with Gasteiger partial charge < -0.3 is 5.21 Å². The molecule has 0 aromatic heterocycles. The molecule has 6 heteroatoms. The van der Waals surface area contributed by atoms with Gasteiger partial charge in [-0.15, -0.1) is 0 Å². The maximum atomic E-state index is 13.2. The number of ketones is 1. The lowest BCUT2D eigenvalue weighted by atomic mass is 10.0. The van der Waals surface area contributed by atoms with E-state index >= 15 is 0 Å². The van der Waals surface area contributed by atoms with Crippen LogP contribution in [-0.4, -0.2) is 16.2 Å². The molecule has 0 amide bonds. The lowest BCUT2D eigenvalue weighted by Crippen LogP contribution is -2.17. The fraction of sp³-hybridized carbons (Fsp3) is 0. The number of benzene rings is 2. The average Bonchev–Trinajstić information content (AvgIpc) is 2.60. The van der Waals surface area contributed by atoms with Gasteiger partial charge >= 0.3 is 0 Å². The van der Waals surface area contributed by atoms with Gasteiger partial charge in [-0.05, 0) is 24.3 Å². The van der Waals surface area contributed by atoms with Crippen LogP contribution < -0.4 is 0 Å². The van der Waals surface area contributed by atoms with Crippen molar-refractivity contribution in [2.24, 2.45) is 0 Å². The van der Waals surface area contributed by atoms with Crippen LogP contribution >= 0.6 is 11.6 Å². The predicted molar refractivity (Wildman–Crippen MR) is 69.5 cm³/mol. The van der Waals surface area contributed by atoms with Gasteiger partial charge in [0.05, 0.1) is 5.56 Å². The first kappa shape index (κ1) is 12.7. The quantitative estimate of drug-likeness (QED) is 0.597. The van der Waals surface area contributed by atoms with E-state index in [2.05, 4.69) is 0 Å². The van der Waals surface area contributed by atoms with Crippen molar-refractivity contribution in [3.8, 4) is 0 Å². The molecule has 100 valence electrons. The number of halogens is 3. The molecule has 0 spiro atoms. The monoisotopic (exact) mass is 293 g/mol. The van der Waals surface area contributed by atoms with Crippen molar-refractivity contribution in [2.75, 3.05) is 0 Å². The van der Waals surface area contributed by atoms with Crippen LogP contribution in [-0.2, 0) is 0 Å². The average molecular weight is 294 g/mol. The minimum atomic E-state index is -0.859. The molecule has 1 heterocycles. The first-order valence-electron chi connectivity index (χ1n) is 5.62. The van der Waals surface area contributed by atoms with Gasteiger partial charge in [0.2, 0.25) is 5.69 Å². The highest BCUT2D eigenvalue weighted by molar-refractivity contribution is 6.52. The molecule has 0 atom stereocenters. The molecule has 0 N–H and O–H groups in total. The summed E-state index contributed by atoms with van der Waals surface area (Å²) in [6, 6.07) is 6.76. The van der Waals surface area contributed by atoms with Gasteiger partial charge in [-0.2, -0.15) is 4.74 Å². The van der Waals surface area contributed by atoms with Crippen molar-refractivity contribution in [3.63, 3.8) is 0 Å². The number of Topliss-reactive ketones (excluding diaryl/α,β-unsaturated/α-hetero) is 1. The highest BCUT2D eigenvalue weighted by atomic mass is 35.5. The van der Waals surface area contributed by atoms with E-state index in [0.29, 0.717) is 15.8 Å². The van der Waals surface area contributed by atoms with Gasteiger partial charge in [0.15, 0.2) is 0 Å². The summed E-state index contributed by atoms with van der Waals surface area (Å²) >= 11 is 5.78. The van der Waals surface area contributed by atoms with Crippen molar-refractivity contribution in [1.29, 1.82) is 0 Å². The van der Waals surface area contributed by atoms with Crippen molar-refractivity contribution in [3.05, 3.63) is 69.4 Å². The van der Waals surface area contributed by atoms with Gasteiger partial charge in [0, 0.05) is 17.2 Å². The molecule has 3 nitrogen and oxygen atoms in total. The fourth-order valence-electron chi connectivity index (χ4n) is 2.15. The molecule has 1 aliphatic heterocycles. The maximum absolute atomic E-state index is 13.2. The summed E-state index contributed by atoms with van der Waals surface area (Å²) in [7, 11) is 0. The second-order valence-corrected chi connectivity index (χ2v) is 4.73. The van der Waals surface area contributed by atoms with Gasteiger partial charge in [0.1, 0.15) is 17.2 Å². The Labute approximate surface area is 117 Å². The van der Waals surface area contributed by atoms with Crippen molar-refractivity contribution < 1.29 is 18.3 Å². The Morgan fingerprint density at radius 2 is 1.70 bits per heavy atom. The lowest BCUT2D eigenvalue weighted by molar-refractivity contribution is -0.355. The van der Waals surface area contributed by atoms with Gasteiger partial charge in [-0.1, -0.05) is 11.6 Å². The Morgan fingerprint density at radius 1 is 1.05 bits per heavy atom. The number of nitrogens with zero attached hydrogens (tertiary/aromatic N) is 1. The Bertz CT molecular complexity index is 766. The van der Waals surface area contributed by atoms with E-state index in [1.54, 1.807) is 0 Å². The van der Waals surface area contributed by atoms with Crippen LogP contribution in [0.15, 0.2) is 36.4 Å². The molecule has 20 heavy (non-hydrogen) atoms. The molecular weight excluding hydrogens is 288 g/mol. The number of fused-ring (bicyclic) bond motifs is 1. The molecule has 2 aromatic carbocycles. The molecule has 0 saturated heterocycles. The molecule has 0 aliphatic carbocycles. The summed E-state index contributed by atoms with van der Waals surface area (Å²) in [6.45, 7) is 0. The highest BCUT2D eigenvalue weighted by Gasteiger charge is 2.37. The molecule has 0 fully saturated rings. The minimum Gasteiger partial charge on any atom is -0.618 e. The Kier molecular flexibility index (Phi) is 2.79. The molecule has 3 rings (SSSR count). The fourth-order valence-corrected chi connectivity index (χ4v) is 2.32. The first-order chi connectivity index (χ1) is 9.47. The van der Waals surface area contributed by atoms with Crippen LogP contribution in [0.4, 0.5) is 14.5 Å². The minimum absolute atomic E-state index is 0.102. The smallest absolute Gasteiger partial charge is 0.273 e. The normalized spacial score (nSPS) is 13.8. The largest absolute Gasteiger partial charge is 0.618 e. The second kappa shape index (κ2) is 4.38. The van der Waals surface area contributed by atoms with Gasteiger partial charge in [0.25, 0.3) is 11.5 Å². The summed E-state index contributed by atoms with van der Waals surface area (Å²) in [5.41, 5.74) is -0.193. The van der Waals surface area contributed by atoms with E-state index in [9.17, 15) is 18.8 Å². The van der Waals surface area contributed by atoms with E-state index in [0.717, 1.165) is 12.1 Å². The number of rotatable bonds is 1. The van der Waals surface area contributed by atoms with Gasteiger partial charge in [-0.25, -0.2) is 8.78 Å². The standard InChI is InChI=1S/C14H6ClF2NO2/c15-8-1-2-12-11(5-8)14(19)13(18(12)20)7-3-9(16)6-10(17)4-7/h1-6H. The molecule has 0 bridgehead atoms. The number of carbonyl (C=O) groups excluding carboxylic acids is 1. The van der Waals surface area contributed by atoms with Crippen LogP contribution in [0.2, 0.25) is 5.02 Å². The molecule has 0 saturated carbocycles. The Morgan fingerprint density at radius 3 is 2.35 bits per heavy atom. The lowest BCUT2D eigenvalue weighted by Gasteiger charge is -2.02. The molecule has 2 aromatic rings. The van der Waals surface area contributed by atoms with Crippen LogP contribution in [0.1, 0.15) is 15.9 Å². The zero-order valence-electron chi connectivity index (χ0n) is 9.86. The molecule has 1 aliphatic rings. The van der Waals surface area contributed by atoms with Crippen LogP contribution in [0, 0.1) is 16.8 Å². The summed E-state index contributed by atoms with van der Waals surface area (Å²) < 4.78 is 26.8. The number of hydrogen-bond donors (Lipinski definition) is 0. The first-order valence-corrected chi connectivity index (χ1v) is 6.00. The highest BCUT2D eigenvalue weighted by Crippen LogP contribution is 2.30. The van der Waals surface area contributed by atoms with Crippen molar-refractivity contribution in [1.82, 2.24) is 0 Å². The van der Waals surface area contributed by atoms with Crippen LogP contribution in [0.5, 0.6) is 0 Å². The summed E-state index contributed by atoms with van der Waals surface area (Å²) in [6.07, 6.45) is 0. The van der Waals surface area contributed by atoms with Crippen molar-refractivity contribution in [2.45, 2.75) is 0 Å². The predicted octanol–water partition coefficient (Wildman–Crippen LogP) is 3.45. The summed E-state index contributed by atoms with van der Waals surface area (Å²) in [5, 5.41) is 12.4. The van der Waals surface area contributed by atoms with Crippen LogP contribution in [0.3, 0.4) is 0 Å². The summed E-state index contributed by atoms with van der Waals surface area (Å²) in [5.74, 6) is -2.33. The van der Waals surface area contributed by atoms with E-state index in [4.69, 9.17) is 11.6 Å². The van der Waals surface area contributed by atoms with E-state index < -0.39 is 17.4 Å². The van der Waals surface area contributed by atoms with Crippen molar-refractivity contribution >= 4 is 28.8 Å². The third kappa shape index (κ3) is 1.87. The second-order valence-electron chi connectivity index (χ2n) is 4.29. The van der Waals surface area contributed by atoms with E-state index in [-0.39, 0.29) is 22.5 Å². The van der Waals surface area contributed by atoms with E-state index in [1.165, 1.54) is 18.2 Å². The third-order valence-corrected chi connectivity index (χ3v) is 3.21. The summed E-state index contributed by atoms with van der Waals surface area (Å²) in [4.78, 5) is 12.2. The molecule has 0 radical (unpaired) electrons. The Hall–Kier alpha value is -2.27. The third-order valence-electron chi connectivity index (χ3n) is 2.98. The molecule has 0 unspecified atom stereocenters. The number of hydrogen-bond acceptors (Lipinski definition) is 2. The SMILES string of the molecule is O=C1C(c2cc(F)cc(F)c2)=[N+]([O-])c2ccc(Cl)cc21. The Balaban J connectivity index is 2.21. The zero-order valence-corrected chi connectivity index (χ0v) is 10.6. The van der Waals surface area contributed by atoms with Crippen LogP contribution in [0.25, 0.3) is 0 Å². The zero-order chi connectivity index (χ0) is 14.4. The number of carbonyl (C=O) groups is 1. The topological polar surface area (TPSA) is 43.1 Å². The van der Waals surface area contributed by atoms with Gasteiger partial charge in [-0.3, -0.25) is 4.79 Å².